The first-order valence-electron chi connectivity index (χ1n) is 8.98. The summed E-state index contributed by atoms with van der Waals surface area (Å²) in [7, 11) is -0.458. The normalized spacial score (nSPS) is 28.2. The average Bonchev–Trinajstić information content (AvgIpc) is 2.74. The fourth-order valence-corrected chi connectivity index (χ4v) is 3.46. The molecular formula is C19H28BNO4. The van der Waals surface area contributed by atoms with Gasteiger partial charge in [-0.1, -0.05) is 6.07 Å². The molecule has 2 fully saturated rings. The highest BCUT2D eigenvalue weighted by Gasteiger charge is 2.51. The highest BCUT2D eigenvalue weighted by molar-refractivity contribution is 6.62. The van der Waals surface area contributed by atoms with Crippen molar-refractivity contribution < 1.29 is 18.8 Å². The minimum atomic E-state index is -0.458. The fourth-order valence-electron chi connectivity index (χ4n) is 3.46. The van der Waals surface area contributed by atoms with E-state index < -0.39 is 18.3 Å². The molecule has 2 aliphatic heterocycles. The number of carbonyl (C=O) groups is 1. The number of hydrogen-bond donors (Lipinski definition) is 0. The van der Waals surface area contributed by atoms with Crippen molar-refractivity contribution in [2.24, 2.45) is 0 Å². The molecule has 2 unspecified atom stereocenters. The first-order chi connectivity index (χ1) is 11.6. The van der Waals surface area contributed by atoms with Crippen LogP contribution in [0.25, 0.3) is 0 Å². The molecule has 25 heavy (non-hydrogen) atoms. The number of ether oxygens (including phenoxy) is 1. The van der Waals surface area contributed by atoms with Crippen LogP contribution in [0.3, 0.4) is 0 Å². The van der Waals surface area contributed by atoms with E-state index in [0.29, 0.717) is 5.56 Å². The zero-order valence-corrected chi connectivity index (χ0v) is 16.0. The number of nitrogens with zero attached hydrogens (tertiary/aromatic N) is 1. The maximum atomic E-state index is 11.7. The summed E-state index contributed by atoms with van der Waals surface area (Å²) in [6, 6.07) is 5.87. The monoisotopic (exact) mass is 345 g/mol. The standard InChI is InChI=1S/C19H28BNO4/c1-13-10-21(11-14(2)23-13)17-8-7-16(9-15(17)12-22)20-24-18(3,4)19(5,6)25-20/h7-9,12-14H,10-11H2,1-6H3. The van der Waals surface area contributed by atoms with Crippen LogP contribution in [0.1, 0.15) is 51.9 Å². The van der Waals surface area contributed by atoms with Gasteiger partial charge in [0.15, 0.2) is 6.29 Å². The van der Waals surface area contributed by atoms with E-state index >= 15 is 0 Å². The van der Waals surface area contributed by atoms with Gasteiger partial charge in [-0.3, -0.25) is 4.79 Å². The Labute approximate surface area is 150 Å². The van der Waals surface area contributed by atoms with Gasteiger partial charge < -0.3 is 18.9 Å². The number of hydrogen-bond acceptors (Lipinski definition) is 5. The Balaban J connectivity index is 1.87. The first-order valence-corrected chi connectivity index (χ1v) is 8.98. The van der Waals surface area contributed by atoms with Gasteiger partial charge in [0.25, 0.3) is 0 Å². The van der Waals surface area contributed by atoms with Crippen LogP contribution in [-0.2, 0) is 14.0 Å². The molecule has 2 heterocycles. The van der Waals surface area contributed by atoms with E-state index in [-0.39, 0.29) is 12.2 Å². The van der Waals surface area contributed by atoms with Crippen molar-refractivity contribution in [2.45, 2.75) is 65.0 Å². The van der Waals surface area contributed by atoms with Crippen molar-refractivity contribution in [3.63, 3.8) is 0 Å². The molecule has 2 atom stereocenters. The molecular weight excluding hydrogens is 317 g/mol. The Morgan fingerprint density at radius 1 is 1.08 bits per heavy atom. The molecule has 0 aliphatic carbocycles. The van der Waals surface area contributed by atoms with E-state index in [9.17, 15) is 4.79 Å². The molecule has 136 valence electrons. The quantitative estimate of drug-likeness (QED) is 0.622. The first kappa shape index (κ1) is 18.4. The zero-order valence-electron chi connectivity index (χ0n) is 16.0. The lowest BCUT2D eigenvalue weighted by atomic mass is 9.78. The third-order valence-corrected chi connectivity index (χ3v) is 5.46. The molecule has 0 aromatic heterocycles. The largest absolute Gasteiger partial charge is 0.494 e. The van der Waals surface area contributed by atoms with Gasteiger partial charge in [-0.2, -0.15) is 0 Å². The van der Waals surface area contributed by atoms with Gasteiger partial charge in [-0.15, -0.1) is 0 Å². The summed E-state index contributed by atoms with van der Waals surface area (Å²) in [6.07, 6.45) is 1.20. The molecule has 0 spiro atoms. The Kier molecular flexibility index (Phi) is 4.73. The smallest absolute Gasteiger partial charge is 0.399 e. The van der Waals surface area contributed by atoms with E-state index in [0.717, 1.165) is 30.5 Å². The second kappa shape index (κ2) is 6.42. The third-order valence-electron chi connectivity index (χ3n) is 5.46. The Morgan fingerprint density at radius 3 is 2.16 bits per heavy atom. The summed E-state index contributed by atoms with van der Waals surface area (Å²) in [6.45, 7) is 13.8. The molecule has 0 saturated carbocycles. The topological polar surface area (TPSA) is 48.0 Å². The van der Waals surface area contributed by atoms with Crippen molar-refractivity contribution in [3.05, 3.63) is 23.8 Å². The van der Waals surface area contributed by atoms with Crippen molar-refractivity contribution in [1.29, 1.82) is 0 Å². The minimum Gasteiger partial charge on any atom is -0.399 e. The average molecular weight is 345 g/mol. The summed E-state index contributed by atoms with van der Waals surface area (Å²) in [5.74, 6) is 0. The second-order valence-corrected chi connectivity index (χ2v) is 8.19. The van der Waals surface area contributed by atoms with Gasteiger partial charge in [-0.05, 0) is 59.1 Å². The molecule has 1 aromatic rings. The summed E-state index contributed by atoms with van der Waals surface area (Å²) >= 11 is 0. The number of benzene rings is 1. The van der Waals surface area contributed by atoms with Crippen molar-refractivity contribution in [3.8, 4) is 0 Å². The fraction of sp³-hybridized carbons (Fsp3) is 0.632. The van der Waals surface area contributed by atoms with Gasteiger partial charge in [0.05, 0.1) is 23.4 Å². The molecule has 0 bridgehead atoms. The number of aldehydes is 1. The summed E-state index contributed by atoms with van der Waals surface area (Å²) in [5, 5.41) is 0. The van der Waals surface area contributed by atoms with Gasteiger partial charge in [0, 0.05) is 24.3 Å². The molecule has 2 aliphatic rings. The Bertz CT molecular complexity index is 635. The van der Waals surface area contributed by atoms with E-state index in [1.54, 1.807) is 0 Å². The Morgan fingerprint density at radius 2 is 1.64 bits per heavy atom. The molecule has 1 aromatic carbocycles. The van der Waals surface area contributed by atoms with Crippen LogP contribution in [0.5, 0.6) is 0 Å². The lowest BCUT2D eigenvalue weighted by molar-refractivity contribution is -0.00525. The van der Waals surface area contributed by atoms with Crippen LogP contribution in [0.15, 0.2) is 18.2 Å². The maximum Gasteiger partial charge on any atom is 0.494 e. The van der Waals surface area contributed by atoms with Crippen molar-refractivity contribution in [2.75, 3.05) is 18.0 Å². The minimum absolute atomic E-state index is 0.144. The second-order valence-electron chi connectivity index (χ2n) is 8.19. The van der Waals surface area contributed by atoms with Crippen LogP contribution < -0.4 is 10.4 Å². The van der Waals surface area contributed by atoms with E-state index in [2.05, 4.69) is 18.7 Å². The molecule has 6 heteroatoms. The summed E-state index contributed by atoms with van der Waals surface area (Å²) < 4.78 is 18.0. The molecule has 3 rings (SSSR count). The van der Waals surface area contributed by atoms with Crippen molar-refractivity contribution in [1.82, 2.24) is 0 Å². The van der Waals surface area contributed by atoms with Gasteiger partial charge in [0.1, 0.15) is 0 Å². The summed E-state index contributed by atoms with van der Waals surface area (Å²) in [5.41, 5.74) is 1.68. The zero-order chi connectivity index (χ0) is 18.4. The van der Waals surface area contributed by atoms with Crippen LogP contribution in [0.4, 0.5) is 5.69 Å². The van der Waals surface area contributed by atoms with Gasteiger partial charge >= 0.3 is 7.12 Å². The van der Waals surface area contributed by atoms with E-state index in [4.69, 9.17) is 14.0 Å². The molecule has 0 amide bonds. The SMILES string of the molecule is CC1CN(c2ccc(B3OC(C)(C)C(C)(C)O3)cc2C=O)CC(C)O1. The van der Waals surface area contributed by atoms with Crippen LogP contribution >= 0.6 is 0 Å². The maximum absolute atomic E-state index is 11.7. The highest BCUT2D eigenvalue weighted by Crippen LogP contribution is 2.36. The number of anilines is 1. The molecule has 0 radical (unpaired) electrons. The van der Waals surface area contributed by atoms with Crippen molar-refractivity contribution >= 4 is 24.6 Å². The van der Waals surface area contributed by atoms with Gasteiger partial charge in [-0.25, -0.2) is 0 Å². The number of carbonyl (C=O) groups excluding carboxylic acids is 1. The lowest BCUT2D eigenvalue weighted by Crippen LogP contribution is -2.46. The molecule has 0 N–H and O–H groups in total. The van der Waals surface area contributed by atoms with Crippen LogP contribution in [0, 0.1) is 0 Å². The predicted molar refractivity (Wildman–Crippen MR) is 99.8 cm³/mol. The molecule has 2 saturated heterocycles. The van der Waals surface area contributed by atoms with E-state index in [1.165, 1.54) is 0 Å². The van der Waals surface area contributed by atoms with Gasteiger partial charge in [0.2, 0.25) is 0 Å². The number of rotatable bonds is 3. The Hall–Kier alpha value is -1.37. The summed E-state index contributed by atoms with van der Waals surface area (Å²) in [4.78, 5) is 13.9. The van der Waals surface area contributed by atoms with E-state index in [1.807, 2.05) is 45.9 Å². The predicted octanol–water partition coefficient (Wildman–Crippen LogP) is 2.41. The van der Waals surface area contributed by atoms with Crippen LogP contribution in [0.2, 0.25) is 0 Å². The lowest BCUT2D eigenvalue weighted by Gasteiger charge is -2.37. The highest BCUT2D eigenvalue weighted by atomic mass is 16.7. The van der Waals surface area contributed by atoms with Crippen LogP contribution in [-0.4, -0.2) is 49.9 Å². The third kappa shape index (κ3) is 3.48. The molecule has 5 nitrogen and oxygen atoms in total. The number of morpholine rings is 1.